The number of hydrogen-bond acceptors (Lipinski definition) is 7. The van der Waals surface area contributed by atoms with Gasteiger partial charge < -0.3 is 29.4 Å². The van der Waals surface area contributed by atoms with Crippen molar-refractivity contribution in [2.45, 2.75) is 72.0 Å². The monoisotopic (exact) mass is 549 g/mol. The molecule has 0 bridgehead atoms. The quantitative estimate of drug-likeness (QED) is 0.244. The first-order valence-corrected chi connectivity index (χ1v) is 13.6. The highest BCUT2D eigenvalue weighted by Crippen LogP contribution is 2.33. The van der Waals surface area contributed by atoms with Gasteiger partial charge in [-0.2, -0.15) is 0 Å². The molecular formula is C33H43NO6. The minimum Gasteiger partial charge on any atom is -0.485 e. The average Bonchev–Trinajstić information content (AvgIpc) is 2.93. The molecule has 0 saturated heterocycles. The van der Waals surface area contributed by atoms with Gasteiger partial charge in [0.15, 0.2) is 11.5 Å². The van der Waals surface area contributed by atoms with Crippen LogP contribution < -0.4 is 14.8 Å². The predicted molar refractivity (Wildman–Crippen MR) is 157 cm³/mol. The molecule has 1 atom stereocenters. The number of carbonyl (C=O) groups excluding carboxylic acids is 1. The molecule has 0 aromatic heterocycles. The second-order valence-electron chi connectivity index (χ2n) is 11.6. The van der Waals surface area contributed by atoms with Gasteiger partial charge in [-0.05, 0) is 70.4 Å². The van der Waals surface area contributed by atoms with E-state index in [1.165, 1.54) is 0 Å². The first-order chi connectivity index (χ1) is 18.9. The third kappa shape index (κ3) is 10.6. The average molecular weight is 550 g/mol. The van der Waals surface area contributed by atoms with E-state index in [1.54, 1.807) is 12.1 Å². The third-order valence-corrected chi connectivity index (χ3v) is 6.07. The van der Waals surface area contributed by atoms with Gasteiger partial charge in [0.25, 0.3) is 0 Å². The molecule has 3 aromatic rings. The number of aryl methyl sites for hydroxylation is 1. The summed E-state index contributed by atoms with van der Waals surface area (Å²) in [5, 5.41) is 13.7. The number of aliphatic hydroxyl groups is 1. The number of aliphatic hydroxyl groups excluding tert-OH is 1. The van der Waals surface area contributed by atoms with Crippen LogP contribution in [-0.2, 0) is 22.7 Å². The van der Waals surface area contributed by atoms with E-state index >= 15 is 0 Å². The lowest BCUT2D eigenvalue weighted by molar-refractivity contribution is -0.0332. The van der Waals surface area contributed by atoms with Crippen molar-refractivity contribution >= 4 is 5.97 Å². The normalized spacial score (nSPS) is 12.6. The highest BCUT2D eigenvalue weighted by Gasteiger charge is 2.23. The van der Waals surface area contributed by atoms with E-state index in [1.807, 2.05) is 102 Å². The molecule has 7 nitrogen and oxygen atoms in total. The van der Waals surface area contributed by atoms with Gasteiger partial charge in [-0.3, -0.25) is 0 Å². The van der Waals surface area contributed by atoms with Gasteiger partial charge in [0.1, 0.15) is 25.9 Å². The predicted octanol–water partition coefficient (Wildman–Crippen LogP) is 5.85. The van der Waals surface area contributed by atoms with Crippen LogP contribution in [0, 0.1) is 6.92 Å². The first kappa shape index (κ1) is 31.1. The number of ether oxygens (including phenoxy) is 4. The zero-order valence-electron chi connectivity index (χ0n) is 24.5. The second-order valence-corrected chi connectivity index (χ2v) is 11.6. The molecule has 0 spiro atoms. The Morgan fingerprint density at radius 1 is 0.850 bits per heavy atom. The van der Waals surface area contributed by atoms with Crippen molar-refractivity contribution in [3.63, 3.8) is 0 Å². The lowest BCUT2D eigenvalue weighted by Gasteiger charge is -2.31. The van der Waals surface area contributed by atoms with Crippen molar-refractivity contribution in [2.75, 3.05) is 19.8 Å². The molecule has 0 amide bonds. The fourth-order valence-electron chi connectivity index (χ4n) is 3.73. The van der Waals surface area contributed by atoms with E-state index in [0.717, 1.165) is 11.1 Å². The Kier molecular flexibility index (Phi) is 11.1. The van der Waals surface area contributed by atoms with Crippen LogP contribution in [0.3, 0.4) is 0 Å². The van der Waals surface area contributed by atoms with Crippen molar-refractivity contribution in [1.29, 1.82) is 0 Å². The topological polar surface area (TPSA) is 86.3 Å². The summed E-state index contributed by atoms with van der Waals surface area (Å²) < 4.78 is 23.5. The van der Waals surface area contributed by atoms with Gasteiger partial charge in [-0.1, -0.05) is 60.7 Å². The Labute approximate surface area is 238 Å². The summed E-state index contributed by atoms with van der Waals surface area (Å²) in [5.74, 6) is 0.448. The number of hydrogen-bond donors (Lipinski definition) is 2. The van der Waals surface area contributed by atoms with Crippen LogP contribution in [0.25, 0.3) is 0 Å². The number of nitrogens with one attached hydrogen (secondary N) is 1. The fraction of sp³-hybridized carbons (Fsp3) is 0.424. The van der Waals surface area contributed by atoms with Crippen LogP contribution >= 0.6 is 0 Å². The minimum absolute atomic E-state index is 0.145. The van der Waals surface area contributed by atoms with Crippen LogP contribution in [0.15, 0.2) is 72.8 Å². The van der Waals surface area contributed by atoms with Crippen molar-refractivity contribution in [1.82, 2.24) is 5.32 Å². The van der Waals surface area contributed by atoms with Gasteiger partial charge in [-0.15, -0.1) is 0 Å². The Hall–Kier alpha value is -3.39. The molecule has 216 valence electrons. The molecular weight excluding hydrogens is 506 g/mol. The summed E-state index contributed by atoms with van der Waals surface area (Å²) in [5.41, 5.74) is 2.45. The van der Waals surface area contributed by atoms with Crippen LogP contribution in [0.2, 0.25) is 0 Å². The Bertz CT molecular complexity index is 1200. The summed E-state index contributed by atoms with van der Waals surface area (Å²) in [6, 6.07) is 23.1. The molecule has 40 heavy (non-hydrogen) atoms. The van der Waals surface area contributed by atoms with E-state index in [2.05, 4.69) is 5.32 Å². The maximum Gasteiger partial charge on any atom is 0.338 e. The summed E-state index contributed by atoms with van der Waals surface area (Å²) >= 11 is 0. The van der Waals surface area contributed by atoms with Crippen LogP contribution in [-0.4, -0.2) is 48.1 Å². The van der Waals surface area contributed by atoms with Crippen molar-refractivity contribution in [2.24, 2.45) is 0 Å². The Balaban J connectivity index is 1.65. The van der Waals surface area contributed by atoms with E-state index < -0.39 is 12.1 Å². The number of β-amino-alcohol motifs (C(OH)–C–C–N with tert-alkyl or cyclic N) is 1. The third-order valence-electron chi connectivity index (χ3n) is 6.07. The molecule has 0 radical (unpaired) electrons. The molecule has 7 heteroatoms. The van der Waals surface area contributed by atoms with Crippen LogP contribution in [0.4, 0.5) is 0 Å². The molecule has 0 aliphatic carbocycles. The molecule has 3 aromatic carbocycles. The number of carbonyl (C=O) groups is 1. The standard InChI is InChI=1S/C33H43NO6/c1-24-17-29(37-20-25-13-9-7-10-14-25)30(38-21-26-15-11-8-12-16-26)18-28(24)31(36)39-22-27(35)19-34-33(5,6)23-40-32(2,3)4/h7-18,27,34-35H,19-23H2,1-6H3. The van der Waals surface area contributed by atoms with Crippen LogP contribution in [0.5, 0.6) is 11.5 Å². The summed E-state index contributed by atoms with van der Waals surface area (Å²) in [6.45, 7) is 13.1. The molecule has 1 unspecified atom stereocenters. The zero-order valence-corrected chi connectivity index (χ0v) is 24.5. The van der Waals surface area contributed by atoms with Gasteiger partial charge in [-0.25, -0.2) is 4.79 Å². The second kappa shape index (κ2) is 14.3. The molecule has 3 rings (SSSR count). The maximum atomic E-state index is 13.0. The smallest absolute Gasteiger partial charge is 0.338 e. The lowest BCUT2D eigenvalue weighted by atomic mass is 10.1. The zero-order chi connectivity index (χ0) is 29.2. The van der Waals surface area contributed by atoms with E-state index in [4.69, 9.17) is 18.9 Å². The van der Waals surface area contributed by atoms with Crippen molar-refractivity contribution in [3.8, 4) is 11.5 Å². The van der Waals surface area contributed by atoms with Gasteiger partial charge in [0.05, 0.1) is 17.8 Å². The molecule has 2 N–H and O–H groups in total. The SMILES string of the molecule is Cc1cc(OCc2ccccc2)c(OCc2ccccc2)cc1C(=O)OCC(O)CNC(C)(C)COC(C)(C)C. The van der Waals surface area contributed by atoms with Gasteiger partial charge >= 0.3 is 5.97 Å². The summed E-state index contributed by atoms with van der Waals surface area (Å²) in [4.78, 5) is 13.0. The Morgan fingerprint density at radius 3 is 1.90 bits per heavy atom. The fourth-order valence-corrected chi connectivity index (χ4v) is 3.73. The lowest BCUT2D eigenvalue weighted by Crippen LogP contribution is -2.49. The molecule has 0 aliphatic heterocycles. The summed E-state index contributed by atoms with van der Waals surface area (Å²) in [7, 11) is 0. The highest BCUT2D eigenvalue weighted by molar-refractivity contribution is 5.92. The Morgan fingerprint density at radius 2 is 1.38 bits per heavy atom. The van der Waals surface area contributed by atoms with E-state index in [9.17, 15) is 9.90 Å². The molecule has 0 fully saturated rings. The van der Waals surface area contributed by atoms with E-state index in [-0.39, 0.29) is 24.3 Å². The van der Waals surface area contributed by atoms with Crippen molar-refractivity contribution in [3.05, 3.63) is 95.1 Å². The minimum atomic E-state index is -0.875. The summed E-state index contributed by atoms with van der Waals surface area (Å²) in [6.07, 6.45) is -0.875. The molecule has 0 saturated carbocycles. The molecule has 0 heterocycles. The molecule has 0 aliphatic rings. The maximum absolute atomic E-state index is 13.0. The largest absolute Gasteiger partial charge is 0.485 e. The number of benzene rings is 3. The van der Waals surface area contributed by atoms with Crippen molar-refractivity contribution < 1.29 is 28.8 Å². The number of esters is 1. The van der Waals surface area contributed by atoms with E-state index in [0.29, 0.717) is 42.4 Å². The number of rotatable bonds is 14. The van der Waals surface area contributed by atoms with Gasteiger partial charge in [0, 0.05) is 12.1 Å². The first-order valence-electron chi connectivity index (χ1n) is 13.6. The highest BCUT2D eigenvalue weighted by atomic mass is 16.5. The van der Waals surface area contributed by atoms with Crippen LogP contribution in [0.1, 0.15) is 61.7 Å². The van der Waals surface area contributed by atoms with Gasteiger partial charge in [0.2, 0.25) is 0 Å².